The predicted octanol–water partition coefficient (Wildman–Crippen LogP) is 2.52. The van der Waals surface area contributed by atoms with E-state index in [2.05, 4.69) is 9.97 Å². The van der Waals surface area contributed by atoms with Gasteiger partial charge >= 0.3 is 0 Å². The van der Waals surface area contributed by atoms with Crippen LogP contribution in [0.1, 0.15) is 17.8 Å². The smallest absolute Gasteiger partial charge is 0.247 e. The van der Waals surface area contributed by atoms with Crippen molar-refractivity contribution in [2.45, 2.75) is 30.7 Å². The number of para-hydroxylation sites is 1. The van der Waals surface area contributed by atoms with E-state index in [-0.39, 0.29) is 18.2 Å². The third kappa shape index (κ3) is 2.87. The van der Waals surface area contributed by atoms with Crippen molar-refractivity contribution in [1.82, 2.24) is 9.97 Å². The lowest BCUT2D eigenvalue weighted by Crippen LogP contribution is -2.31. The SMILES string of the molecule is Cc1cc(C)nc(S[C@@H]2CC(=O)N(c3ccccc3)C2=O)n1. The number of anilines is 1. The minimum Gasteiger partial charge on any atom is -0.274 e. The number of aromatic nitrogens is 2. The first-order chi connectivity index (χ1) is 10.5. The Morgan fingerprint density at radius 2 is 1.73 bits per heavy atom. The second-order valence-electron chi connectivity index (χ2n) is 5.15. The minimum absolute atomic E-state index is 0.175. The van der Waals surface area contributed by atoms with E-state index in [1.54, 1.807) is 12.1 Å². The first-order valence-electron chi connectivity index (χ1n) is 6.95. The van der Waals surface area contributed by atoms with E-state index < -0.39 is 5.25 Å². The van der Waals surface area contributed by atoms with Gasteiger partial charge in [-0.3, -0.25) is 9.59 Å². The highest BCUT2D eigenvalue weighted by molar-refractivity contribution is 8.00. The summed E-state index contributed by atoms with van der Waals surface area (Å²) in [4.78, 5) is 34.6. The molecule has 1 aromatic carbocycles. The molecule has 6 heteroatoms. The molecule has 1 aliphatic rings. The fraction of sp³-hybridized carbons (Fsp3) is 0.250. The zero-order valence-corrected chi connectivity index (χ0v) is 13.1. The lowest BCUT2D eigenvalue weighted by Gasteiger charge is -2.14. The number of hydrogen-bond acceptors (Lipinski definition) is 5. The lowest BCUT2D eigenvalue weighted by molar-refractivity contribution is -0.121. The number of imide groups is 1. The van der Waals surface area contributed by atoms with E-state index in [4.69, 9.17) is 0 Å². The summed E-state index contributed by atoms with van der Waals surface area (Å²) in [6.45, 7) is 3.77. The zero-order chi connectivity index (χ0) is 15.7. The van der Waals surface area contributed by atoms with Gasteiger partial charge in [-0.15, -0.1) is 0 Å². The van der Waals surface area contributed by atoms with Crippen molar-refractivity contribution in [3.63, 3.8) is 0 Å². The second-order valence-corrected chi connectivity index (χ2v) is 6.32. The van der Waals surface area contributed by atoms with Gasteiger partial charge in [-0.1, -0.05) is 30.0 Å². The van der Waals surface area contributed by atoms with Gasteiger partial charge < -0.3 is 0 Å². The minimum atomic E-state index is -0.464. The second kappa shape index (κ2) is 5.88. The van der Waals surface area contributed by atoms with E-state index in [9.17, 15) is 9.59 Å². The average Bonchev–Trinajstić information content (AvgIpc) is 2.73. The van der Waals surface area contributed by atoms with E-state index in [0.29, 0.717) is 10.8 Å². The summed E-state index contributed by atoms with van der Waals surface area (Å²) in [7, 11) is 0. The van der Waals surface area contributed by atoms with Crippen LogP contribution in [0.3, 0.4) is 0 Å². The third-order valence-electron chi connectivity index (χ3n) is 3.33. The van der Waals surface area contributed by atoms with E-state index in [1.807, 2.05) is 38.1 Å². The number of carbonyl (C=O) groups excluding carboxylic acids is 2. The molecule has 2 amide bonds. The number of thioether (sulfide) groups is 1. The number of nitrogens with zero attached hydrogens (tertiary/aromatic N) is 3. The van der Waals surface area contributed by atoms with Gasteiger partial charge in [-0.2, -0.15) is 0 Å². The van der Waals surface area contributed by atoms with Crippen LogP contribution in [0.25, 0.3) is 0 Å². The van der Waals surface area contributed by atoms with E-state index >= 15 is 0 Å². The van der Waals surface area contributed by atoms with Gasteiger partial charge in [-0.05, 0) is 32.0 Å². The third-order valence-corrected chi connectivity index (χ3v) is 4.38. The van der Waals surface area contributed by atoms with Crippen LogP contribution in [0.2, 0.25) is 0 Å². The van der Waals surface area contributed by atoms with Crippen molar-refractivity contribution in [3.05, 3.63) is 47.8 Å². The quantitative estimate of drug-likeness (QED) is 0.643. The van der Waals surface area contributed by atoms with E-state index in [1.165, 1.54) is 16.7 Å². The molecule has 112 valence electrons. The lowest BCUT2D eigenvalue weighted by atomic mass is 10.3. The van der Waals surface area contributed by atoms with Gasteiger partial charge in [0.25, 0.3) is 0 Å². The number of benzene rings is 1. The van der Waals surface area contributed by atoms with Crippen LogP contribution < -0.4 is 4.90 Å². The summed E-state index contributed by atoms with van der Waals surface area (Å²) in [5.41, 5.74) is 2.32. The summed E-state index contributed by atoms with van der Waals surface area (Å²) < 4.78 is 0. The van der Waals surface area contributed by atoms with Gasteiger partial charge in [0.15, 0.2) is 5.16 Å². The molecule has 1 aromatic heterocycles. The van der Waals surface area contributed by atoms with Crippen molar-refractivity contribution in [2.75, 3.05) is 4.90 Å². The average molecular weight is 313 g/mol. The van der Waals surface area contributed by atoms with Crippen LogP contribution in [-0.4, -0.2) is 27.0 Å². The molecule has 0 N–H and O–H groups in total. The van der Waals surface area contributed by atoms with Crippen molar-refractivity contribution in [2.24, 2.45) is 0 Å². The largest absolute Gasteiger partial charge is 0.274 e. The monoisotopic (exact) mass is 313 g/mol. The summed E-state index contributed by atoms with van der Waals surface area (Å²) in [6, 6.07) is 10.9. The van der Waals surface area contributed by atoms with Gasteiger partial charge in [0.2, 0.25) is 11.8 Å². The van der Waals surface area contributed by atoms with Crippen molar-refractivity contribution < 1.29 is 9.59 Å². The van der Waals surface area contributed by atoms with Crippen LogP contribution in [0, 0.1) is 13.8 Å². The Morgan fingerprint density at radius 3 is 2.36 bits per heavy atom. The number of rotatable bonds is 3. The number of carbonyl (C=O) groups is 2. The highest BCUT2D eigenvalue weighted by Crippen LogP contribution is 2.32. The molecular formula is C16H15N3O2S. The molecule has 1 atom stereocenters. The fourth-order valence-corrected chi connectivity index (χ4v) is 3.50. The molecule has 1 saturated heterocycles. The van der Waals surface area contributed by atoms with Crippen LogP contribution in [0.5, 0.6) is 0 Å². The van der Waals surface area contributed by atoms with Crippen LogP contribution in [0.4, 0.5) is 5.69 Å². The molecule has 0 bridgehead atoms. The van der Waals surface area contributed by atoms with Gasteiger partial charge in [0, 0.05) is 17.8 Å². The highest BCUT2D eigenvalue weighted by atomic mass is 32.2. The number of hydrogen-bond donors (Lipinski definition) is 0. The maximum absolute atomic E-state index is 12.5. The highest BCUT2D eigenvalue weighted by Gasteiger charge is 2.40. The molecule has 1 fully saturated rings. The van der Waals surface area contributed by atoms with Crippen LogP contribution in [-0.2, 0) is 9.59 Å². The predicted molar refractivity (Wildman–Crippen MR) is 84.7 cm³/mol. The fourth-order valence-electron chi connectivity index (χ4n) is 2.42. The molecule has 1 aliphatic heterocycles. The molecule has 3 rings (SSSR count). The summed E-state index contributed by atoms with van der Waals surface area (Å²) in [5.74, 6) is -0.387. The number of amides is 2. The Balaban J connectivity index is 1.82. The van der Waals surface area contributed by atoms with Gasteiger partial charge in [0.05, 0.1) is 5.69 Å². The van der Waals surface area contributed by atoms with Gasteiger partial charge in [0.1, 0.15) is 5.25 Å². The normalized spacial score (nSPS) is 18.1. The van der Waals surface area contributed by atoms with Crippen molar-refractivity contribution in [1.29, 1.82) is 0 Å². The van der Waals surface area contributed by atoms with Gasteiger partial charge in [-0.25, -0.2) is 14.9 Å². The Bertz CT molecular complexity index is 713. The first-order valence-corrected chi connectivity index (χ1v) is 7.83. The molecule has 0 saturated carbocycles. The standard InChI is InChI=1S/C16H15N3O2S/c1-10-8-11(2)18-16(17-10)22-13-9-14(20)19(15(13)21)12-6-4-3-5-7-12/h3-8,13H,9H2,1-2H3/t13-/m1/s1. The summed E-state index contributed by atoms with van der Waals surface area (Å²) in [5, 5.41) is 0.0764. The molecular weight excluding hydrogens is 298 g/mol. The molecule has 0 aliphatic carbocycles. The Labute approximate surface area is 132 Å². The summed E-state index contributed by atoms with van der Waals surface area (Å²) >= 11 is 1.26. The van der Waals surface area contributed by atoms with Crippen LogP contribution in [0.15, 0.2) is 41.6 Å². The molecule has 5 nitrogen and oxygen atoms in total. The molecule has 2 heterocycles. The maximum Gasteiger partial charge on any atom is 0.247 e. The Kier molecular flexibility index (Phi) is 3.94. The molecule has 0 spiro atoms. The van der Waals surface area contributed by atoms with Crippen LogP contribution >= 0.6 is 11.8 Å². The van der Waals surface area contributed by atoms with Crippen molar-refractivity contribution >= 4 is 29.3 Å². The zero-order valence-electron chi connectivity index (χ0n) is 12.3. The number of aryl methyl sites for hydroxylation is 2. The first kappa shape index (κ1) is 14.7. The summed E-state index contributed by atoms with van der Waals surface area (Å²) in [6.07, 6.45) is 0.175. The molecule has 2 aromatic rings. The topological polar surface area (TPSA) is 63.2 Å². The molecule has 0 radical (unpaired) electrons. The maximum atomic E-state index is 12.5. The molecule has 22 heavy (non-hydrogen) atoms. The Morgan fingerprint density at radius 1 is 1.09 bits per heavy atom. The van der Waals surface area contributed by atoms with Crippen molar-refractivity contribution in [3.8, 4) is 0 Å². The molecule has 0 unspecified atom stereocenters. The van der Waals surface area contributed by atoms with E-state index in [0.717, 1.165) is 11.4 Å². The Hall–Kier alpha value is -2.21.